The molecule has 1 saturated heterocycles. The fourth-order valence-corrected chi connectivity index (χ4v) is 4.98. The van der Waals surface area contributed by atoms with Crippen LogP contribution in [0, 0.1) is 13.8 Å². The number of amides is 1. The lowest BCUT2D eigenvalue weighted by Crippen LogP contribution is -2.29. The number of ketones is 1. The molecule has 0 spiro atoms. The highest BCUT2D eigenvalue weighted by atomic mass is 35.5. The van der Waals surface area contributed by atoms with Gasteiger partial charge in [-0.3, -0.25) is 14.5 Å². The number of anilines is 1. The molecular weight excluding hydrogens is 476 g/mol. The minimum Gasteiger partial charge on any atom is -0.507 e. The molecule has 1 aliphatic heterocycles. The first-order valence-corrected chi connectivity index (χ1v) is 11.8. The standard InChI is InChI=1S/C25H23ClN2O5S/c1-5-33-17-9-6-15(7-10-17)21-20(22(29)16-8-11-19(32-4)18(26)12-16)23(30)24(31)28(21)25-27-13(2)14(3)34-25/h6-12,21,29H,5H2,1-4H3/b22-20+/t21-/m1/s1. The monoisotopic (exact) mass is 498 g/mol. The van der Waals surface area contributed by atoms with Gasteiger partial charge in [0.2, 0.25) is 0 Å². The van der Waals surface area contributed by atoms with Crippen LogP contribution in [-0.4, -0.2) is 35.5 Å². The number of aromatic nitrogens is 1. The molecule has 9 heteroatoms. The Morgan fingerprint density at radius 1 is 1.18 bits per heavy atom. The second-order valence-corrected chi connectivity index (χ2v) is 9.25. The first-order chi connectivity index (χ1) is 16.3. The molecule has 1 aliphatic rings. The molecule has 0 bridgehead atoms. The van der Waals surface area contributed by atoms with Gasteiger partial charge in [-0.15, -0.1) is 11.3 Å². The van der Waals surface area contributed by atoms with Crippen molar-refractivity contribution in [3.63, 3.8) is 0 Å². The van der Waals surface area contributed by atoms with E-state index in [4.69, 9.17) is 21.1 Å². The highest BCUT2D eigenvalue weighted by Crippen LogP contribution is 2.44. The third-order valence-corrected chi connectivity index (χ3v) is 6.97. The number of hydrogen-bond donors (Lipinski definition) is 1. The molecule has 0 aliphatic carbocycles. The quantitative estimate of drug-likeness (QED) is 0.276. The maximum Gasteiger partial charge on any atom is 0.301 e. The number of benzene rings is 2. The van der Waals surface area contributed by atoms with Crippen LogP contribution in [-0.2, 0) is 9.59 Å². The molecule has 0 radical (unpaired) electrons. The van der Waals surface area contributed by atoms with E-state index >= 15 is 0 Å². The lowest BCUT2D eigenvalue weighted by atomic mass is 9.95. The first kappa shape index (κ1) is 23.8. The van der Waals surface area contributed by atoms with Crippen LogP contribution in [0.1, 0.15) is 34.7 Å². The molecule has 4 rings (SSSR count). The van der Waals surface area contributed by atoms with E-state index in [1.165, 1.54) is 29.4 Å². The van der Waals surface area contributed by atoms with Crippen molar-refractivity contribution >= 4 is 45.5 Å². The second-order valence-electron chi connectivity index (χ2n) is 7.66. The summed E-state index contributed by atoms with van der Waals surface area (Å²) in [7, 11) is 1.48. The van der Waals surface area contributed by atoms with Crippen LogP contribution in [0.4, 0.5) is 5.13 Å². The Labute approximate surface area is 206 Å². The van der Waals surface area contributed by atoms with E-state index in [1.807, 2.05) is 20.8 Å². The van der Waals surface area contributed by atoms with E-state index in [0.29, 0.717) is 34.4 Å². The van der Waals surface area contributed by atoms with Crippen molar-refractivity contribution in [2.45, 2.75) is 26.8 Å². The maximum absolute atomic E-state index is 13.2. The van der Waals surface area contributed by atoms with Gasteiger partial charge in [-0.05, 0) is 56.7 Å². The molecule has 1 aromatic heterocycles. The molecule has 7 nitrogen and oxygen atoms in total. The lowest BCUT2D eigenvalue weighted by molar-refractivity contribution is -0.132. The first-order valence-electron chi connectivity index (χ1n) is 10.6. The summed E-state index contributed by atoms with van der Waals surface area (Å²) < 4.78 is 10.7. The normalized spacial score (nSPS) is 17.3. The molecule has 2 aromatic carbocycles. The Kier molecular flexibility index (Phi) is 6.63. The number of carbonyl (C=O) groups is 2. The maximum atomic E-state index is 13.2. The SMILES string of the molecule is CCOc1ccc([C@@H]2/C(=C(\O)c3ccc(OC)c(Cl)c3)C(=O)C(=O)N2c2nc(C)c(C)s2)cc1. The number of nitrogens with zero attached hydrogens (tertiary/aromatic N) is 2. The molecule has 2 heterocycles. The number of rotatable bonds is 6. The van der Waals surface area contributed by atoms with E-state index in [2.05, 4.69) is 4.98 Å². The Hall–Kier alpha value is -3.36. The average molecular weight is 499 g/mol. The average Bonchev–Trinajstić information content (AvgIpc) is 3.29. The molecule has 0 saturated carbocycles. The number of carbonyl (C=O) groups excluding carboxylic acids is 2. The molecule has 1 atom stereocenters. The third-order valence-electron chi connectivity index (χ3n) is 5.60. The fraction of sp³-hybridized carbons (Fsp3) is 0.240. The topological polar surface area (TPSA) is 89.0 Å². The number of aryl methyl sites for hydroxylation is 2. The molecule has 1 amide bonds. The largest absolute Gasteiger partial charge is 0.507 e. The Bertz CT molecular complexity index is 1280. The van der Waals surface area contributed by atoms with Crippen molar-refractivity contribution in [3.8, 4) is 11.5 Å². The Balaban J connectivity index is 1.91. The van der Waals surface area contributed by atoms with Crippen molar-refractivity contribution in [1.82, 2.24) is 4.98 Å². The number of thiazole rings is 1. The number of aliphatic hydroxyl groups excluding tert-OH is 1. The predicted octanol–water partition coefficient (Wildman–Crippen LogP) is 5.45. The van der Waals surface area contributed by atoms with Crippen LogP contribution < -0.4 is 14.4 Å². The fourth-order valence-electron chi connectivity index (χ4n) is 3.79. The van der Waals surface area contributed by atoms with Crippen molar-refractivity contribution < 1.29 is 24.2 Å². The predicted molar refractivity (Wildman–Crippen MR) is 132 cm³/mol. The summed E-state index contributed by atoms with van der Waals surface area (Å²) in [5.41, 5.74) is 1.66. The number of ether oxygens (including phenoxy) is 2. The van der Waals surface area contributed by atoms with Gasteiger partial charge in [-0.2, -0.15) is 0 Å². The van der Waals surface area contributed by atoms with Gasteiger partial charge in [0.15, 0.2) is 5.13 Å². The van der Waals surface area contributed by atoms with E-state index in [9.17, 15) is 14.7 Å². The van der Waals surface area contributed by atoms with Gasteiger partial charge in [-0.1, -0.05) is 23.7 Å². The van der Waals surface area contributed by atoms with Crippen molar-refractivity contribution in [3.05, 3.63) is 74.8 Å². The zero-order valence-corrected chi connectivity index (χ0v) is 20.7. The van der Waals surface area contributed by atoms with Crippen molar-refractivity contribution in [2.75, 3.05) is 18.6 Å². The van der Waals surface area contributed by atoms with Crippen LogP contribution in [0.15, 0.2) is 48.0 Å². The van der Waals surface area contributed by atoms with E-state index in [-0.39, 0.29) is 16.4 Å². The Morgan fingerprint density at radius 3 is 2.44 bits per heavy atom. The number of aliphatic hydroxyl groups is 1. The number of hydrogen-bond acceptors (Lipinski definition) is 7. The summed E-state index contributed by atoms with van der Waals surface area (Å²) in [5.74, 6) is -0.793. The van der Waals surface area contributed by atoms with E-state index in [1.54, 1.807) is 36.4 Å². The third kappa shape index (κ3) is 4.15. The molecule has 34 heavy (non-hydrogen) atoms. The van der Waals surface area contributed by atoms with Gasteiger partial charge in [0.05, 0.1) is 36.0 Å². The number of Topliss-reactive ketones (excluding diaryl/α,β-unsaturated/α-hetero) is 1. The van der Waals surface area contributed by atoms with Crippen LogP contribution in [0.2, 0.25) is 5.02 Å². The minimum atomic E-state index is -0.874. The Morgan fingerprint density at radius 2 is 1.88 bits per heavy atom. The van der Waals surface area contributed by atoms with E-state index < -0.39 is 17.7 Å². The number of methoxy groups -OCH3 is 1. The zero-order chi connectivity index (χ0) is 24.6. The molecular formula is C25H23ClN2O5S. The van der Waals surface area contributed by atoms with Crippen LogP contribution in [0.5, 0.6) is 11.5 Å². The van der Waals surface area contributed by atoms with Gasteiger partial charge in [0.25, 0.3) is 5.78 Å². The lowest BCUT2D eigenvalue weighted by Gasteiger charge is -2.23. The van der Waals surface area contributed by atoms with Crippen LogP contribution >= 0.6 is 22.9 Å². The summed E-state index contributed by atoms with van der Waals surface area (Å²) >= 11 is 7.57. The molecule has 0 unspecified atom stereocenters. The van der Waals surface area contributed by atoms with Gasteiger partial charge in [-0.25, -0.2) is 4.98 Å². The van der Waals surface area contributed by atoms with Gasteiger partial charge in [0, 0.05) is 10.4 Å². The van der Waals surface area contributed by atoms with Crippen LogP contribution in [0.3, 0.4) is 0 Å². The van der Waals surface area contributed by atoms with Crippen LogP contribution in [0.25, 0.3) is 5.76 Å². The highest BCUT2D eigenvalue weighted by Gasteiger charge is 2.48. The van der Waals surface area contributed by atoms with Gasteiger partial charge in [0.1, 0.15) is 17.3 Å². The second kappa shape index (κ2) is 9.48. The highest BCUT2D eigenvalue weighted by molar-refractivity contribution is 7.16. The molecule has 176 valence electrons. The molecule has 1 N–H and O–H groups in total. The van der Waals surface area contributed by atoms with Crippen molar-refractivity contribution in [1.29, 1.82) is 0 Å². The molecule has 1 fully saturated rings. The smallest absolute Gasteiger partial charge is 0.301 e. The summed E-state index contributed by atoms with van der Waals surface area (Å²) in [5, 5.41) is 11.9. The molecule has 3 aromatic rings. The van der Waals surface area contributed by atoms with Gasteiger partial charge >= 0.3 is 5.91 Å². The summed E-state index contributed by atoms with van der Waals surface area (Å²) in [6.07, 6.45) is 0. The summed E-state index contributed by atoms with van der Waals surface area (Å²) in [4.78, 5) is 33.3. The number of halogens is 1. The zero-order valence-electron chi connectivity index (χ0n) is 19.1. The van der Waals surface area contributed by atoms with E-state index in [0.717, 1.165) is 10.6 Å². The summed E-state index contributed by atoms with van der Waals surface area (Å²) in [6, 6.07) is 10.9. The van der Waals surface area contributed by atoms with Crippen molar-refractivity contribution in [2.24, 2.45) is 0 Å². The van der Waals surface area contributed by atoms with Gasteiger partial charge < -0.3 is 14.6 Å². The minimum absolute atomic E-state index is 0.0408. The summed E-state index contributed by atoms with van der Waals surface area (Å²) in [6.45, 7) is 6.14.